The van der Waals surface area contributed by atoms with Gasteiger partial charge in [0.2, 0.25) is 15.9 Å². The van der Waals surface area contributed by atoms with Crippen molar-refractivity contribution in [1.29, 1.82) is 0 Å². The van der Waals surface area contributed by atoms with E-state index in [4.69, 9.17) is 4.74 Å². The summed E-state index contributed by atoms with van der Waals surface area (Å²) < 4.78 is 32.2. The molecular weight excluding hydrogens is 364 g/mol. The van der Waals surface area contributed by atoms with Crippen LogP contribution in [0.25, 0.3) is 0 Å². The molecule has 1 fully saturated rings. The first kappa shape index (κ1) is 19.2. The number of carbonyl (C=O) groups excluding carboxylic acids is 1. The summed E-state index contributed by atoms with van der Waals surface area (Å²) in [6.45, 7) is 0. The number of carbonyl (C=O) groups is 1. The van der Waals surface area contributed by atoms with Crippen molar-refractivity contribution < 1.29 is 17.9 Å². The van der Waals surface area contributed by atoms with E-state index < -0.39 is 10.0 Å². The molecule has 2 aromatic rings. The molecule has 3 rings (SSSR count). The topological polar surface area (TPSA) is 84.5 Å². The number of hydrogen-bond donors (Lipinski definition) is 2. The van der Waals surface area contributed by atoms with Crippen molar-refractivity contribution in [3.63, 3.8) is 0 Å². The van der Waals surface area contributed by atoms with Crippen molar-refractivity contribution >= 4 is 21.6 Å². The van der Waals surface area contributed by atoms with Crippen molar-refractivity contribution in [1.82, 2.24) is 5.32 Å². The quantitative estimate of drug-likeness (QED) is 0.691. The molecule has 1 amide bonds. The van der Waals surface area contributed by atoms with E-state index in [1.807, 2.05) is 24.3 Å². The third-order valence-corrected chi connectivity index (χ3v) is 5.64. The number of hydrogen-bond acceptors (Lipinski definition) is 4. The molecule has 6 nitrogen and oxygen atoms in total. The molecule has 7 heteroatoms. The molecule has 0 saturated heterocycles. The van der Waals surface area contributed by atoms with Crippen LogP contribution < -0.4 is 14.8 Å². The van der Waals surface area contributed by atoms with Crippen molar-refractivity contribution in [2.45, 2.75) is 31.7 Å². The van der Waals surface area contributed by atoms with Gasteiger partial charge in [-0.2, -0.15) is 0 Å². The summed E-state index contributed by atoms with van der Waals surface area (Å²) in [5.74, 6) is 0.737. The summed E-state index contributed by atoms with van der Waals surface area (Å²) in [7, 11) is -1.86. The van der Waals surface area contributed by atoms with Gasteiger partial charge in [0.05, 0.1) is 19.3 Å². The number of amides is 1. The van der Waals surface area contributed by atoms with Gasteiger partial charge in [0.1, 0.15) is 5.75 Å². The molecule has 0 atom stereocenters. The first-order valence-electron chi connectivity index (χ1n) is 8.95. The van der Waals surface area contributed by atoms with Crippen molar-refractivity contribution in [3.8, 4) is 5.75 Å². The SMILES string of the molecule is COc1ccc(CCS(=O)(=O)Nc2ccc(CC(=O)NC3CC3)cc2)cc1. The molecule has 27 heavy (non-hydrogen) atoms. The average Bonchev–Trinajstić information content (AvgIpc) is 3.46. The summed E-state index contributed by atoms with van der Waals surface area (Å²) >= 11 is 0. The minimum atomic E-state index is -3.45. The largest absolute Gasteiger partial charge is 0.497 e. The zero-order valence-corrected chi connectivity index (χ0v) is 16.1. The summed E-state index contributed by atoms with van der Waals surface area (Å²) in [6, 6.07) is 14.6. The molecule has 1 saturated carbocycles. The first-order valence-corrected chi connectivity index (χ1v) is 10.6. The van der Waals surface area contributed by atoms with Crippen molar-refractivity contribution in [2.75, 3.05) is 17.6 Å². The molecule has 1 aliphatic carbocycles. The van der Waals surface area contributed by atoms with Gasteiger partial charge < -0.3 is 10.1 Å². The van der Waals surface area contributed by atoms with Crippen molar-refractivity contribution in [2.24, 2.45) is 0 Å². The van der Waals surface area contributed by atoms with Crippen LogP contribution in [0.1, 0.15) is 24.0 Å². The highest BCUT2D eigenvalue weighted by Crippen LogP contribution is 2.19. The van der Waals surface area contributed by atoms with Crippen molar-refractivity contribution in [3.05, 3.63) is 59.7 Å². The lowest BCUT2D eigenvalue weighted by Crippen LogP contribution is -2.26. The van der Waals surface area contributed by atoms with Crippen LogP contribution in [0.3, 0.4) is 0 Å². The molecule has 1 aliphatic rings. The van der Waals surface area contributed by atoms with Crippen LogP contribution in [0.4, 0.5) is 5.69 Å². The van der Waals surface area contributed by atoms with Gasteiger partial charge in [0, 0.05) is 11.7 Å². The molecule has 0 radical (unpaired) electrons. The van der Waals surface area contributed by atoms with E-state index in [1.54, 1.807) is 31.4 Å². The second-order valence-corrected chi connectivity index (χ2v) is 8.58. The van der Waals surface area contributed by atoms with Gasteiger partial charge in [0.15, 0.2) is 0 Å². The van der Waals surface area contributed by atoms with Gasteiger partial charge in [-0.1, -0.05) is 24.3 Å². The Hall–Kier alpha value is -2.54. The van der Waals surface area contributed by atoms with Gasteiger partial charge >= 0.3 is 0 Å². The van der Waals surface area contributed by atoms with E-state index in [1.165, 1.54) is 0 Å². The zero-order chi connectivity index (χ0) is 19.3. The Kier molecular flexibility index (Phi) is 6.01. The lowest BCUT2D eigenvalue weighted by Gasteiger charge is -2.09. The average molecular weight is 388 g/mol. The number of anilines is 1. The Labute approximate surface area is 160 Å². The van der Waals surface area contributed by atoms with E-state index in [9.17, 15) is 13.2 Å². The monoisotopic (exact) mass is 388 g/mol. The fourth-order valence-corrected chi connectivity index (χ4v) is 3.76. The molecule has 0 spiro atoms. The third kappa shape index (κ3) is 6.29. The number of methoxy groups -OCH3 is 1. The molecule has 0 heterocycles. The number of benzene rings is 2. The fourth-order valence-electron chi connectivity index (χ4n) is 2.66. The number of ether oxygens (including phenoxy) is 1. The molecule has 0 bridgehead atoms. The molecule has 0 unspecified atom stereocenters. The second-order valence-electron chi connectivity index (χ2n) is 6.73. The summed E-state index contributed by atoms with van der Waals surface area (Å²) in [5, 5.41) is 2.94. The zero-order valence-electron chi connectivity index (χ0n) is 15.3. The number of aryl methyl sites for hydroxylation is 1. The summed E-state index contributed by atoms with van der Waals surface area (Å²) in [5.41, 5.74) is 2.28. The maximum atomic E-state index is 12.3. The highest BCUT2D eigenvalue weighted by molar-refractivity contribution is 7.92. The normalized spacial score (nSPS) is 13.8. The molecule has 144 valence electrons. The fraction of sp³-hybridized carbons (Fsp3) is 0.350. The molecule has 2 N–H and O–H groups in total. The van der Waals surface area contributed by atoms with Gasteiger partial charge in [-0.05, 0) is 54.7 Å². The Balaban J connectivity index is 1.50. The molecule has 2 aromatic carbocycles. The van der Waals surface area contributed by atoms with E-state index in [0.29, 0.717) is 24.6 Å². The number of sulfonamides is 1. The van der Waals surface area contributed by atoms with Gasteiger partial charge in [0.25, 0.3) is 0 Å². The number of nitrogens with one attached hydrogen (secondary N) is 2. The predicted molar refractivity (Wildman–Crippen MR) is 105 cm³/mol. The highest BCUT2D eigenvalue weighted by Gasteiger charge is 2.23. The Morgan fingerprint density at radius 2 is 1.67 bits per heavy atom. The van der Waals surface area contributed by atoms with E-state index in [0.717, 1.165) is 29.7 Å². The van der Waals surface area contributed by atoms with Crippen LogP contribution in [-0.4, -0.2) is 33.2 Å². The van der Waals surface area contributed by atoms with Crippen LogP contribution in [0.2, 0.25) is 0 Å². The molecule has 0 aromatic heterocycles. The van der Waals surface area contributed by atoms with Crippen LogP contribution in [0, 0.1) is 0 Å². The van der Waals surface area contributed by atoms with Crippen LogP contribution in [-0.2, 0) is 27.7 Å². The van der Waals surface area contributed by atoms with Gasteiger partial charge in [-0.25, -0.2) is 8.42 Å². The Morgan fingerprint density at radius 3 is 2.26 bits per heavy atom. The maximum Gasteiger partial charge on any atom is 0.233 e. The maximum absolute atomic E-state index is 12.3. The standard InChI is InChI=1S/C20H24N2O4S/c1-26-19-10-4-15(5-11-19)12-13-27(24,25)22-18-6-2-16(3-7-18)14-20(23)21-17-8-9-17/h2-7,10-11,17,22H,8-9,12-14H2,1H3,(H,21,23). The highest BCUT2D eigenvalue weighted by atomic mass is 32.2. The summed E-state index contributed by atoms with van der Waals surface area (Å²) in [4.78, 5) is 11.8. The molecular formula is C20H24N2O4S. The van der Waals surface area contributed by atoms with Crippen LogP contribution in [0.5, 0.6) is 5.75 Å². The minimum Gasteiger partial charge on any atom is -0.497 e. The van der Waals surface area contributed by atoms with Crippen LogP contribution in [0.15, 0.2) is 48.5 Å². The second kappa shape index (κ2) is 8.43. The van der Waals surface area contributed by atoms with Crippen LogP contribution >= 0.6 is 0 Å². The van der Waals surface area contributed by atoms with E-state index in [2.05, 4.69) is 10.0 Å². The first-order chi connectivity index (χ1) is 12.9. The lowest BCUT2D eigenvalue weighted by atomic mass is 10.1. The molecule has 0 aliphatic heterocycles. The predicted octanol–water partition coefficient (Wildman–Crippen LogP) is 2.50. The van der Waals surface area contributed by atoms with E-state index >= 15 is 0 Å². The number of rotatable bonds is 9. The van der Waals surface area contributed by atoms with E-state index in [-0.39, 0.29) is 11.7 Å². The minimum absolute atomic E-state index is 0.00493. The Morgan fingerprint density at radius 1 is 1.04 bits per heavy atom. The summed E-state index contributed by atoms with van der Waals surface area (Å²) in [6.07, 6.45) is 2.84. The smallest absolute Gasteiger partial charge is 0.233 e. The van der Waals surface area contributed by atoms with Gasteiger partial charge in [-0.15, -0.1) is 0 Å². The Bertz CT molecular complexity index is 873. The third-order valence-electron chi connectivity index (χ3n) is 4.35. The van der Waals surface area contributed by atoms with Gasteiger partial charge in [-0.3, -0.25) is 9.52 Å². The lowest BCUT2D eigenvalue weighted by molar-refractivity contribution is -0.120.